The van der Waals surface area contributed by atoms with E-state index < -0.39 is 5.41 Å². The van der Waals surface area contributed by atoms with Gasteiger partial charge in [0.05, 0.1) is 12.0 Å². The first-order chi connectivity index (χ1) is 10.3. The average Bonchev–Trinajstić information content (AvgIpc) is 2.42. The highest BCUT2D eigenvalue weighted by molar-refractivity contribution is 5.83. The first kappa shape index (κ1) is 18.3. The van der Waals surface area contributed by atoms with Crippen molar-refractivity contribution in [1.29, 1.82) is 0 Å². The monoisotopic (exact) mass is 311 g/mol. The number of nitrogens with two attached hydrogens (primary N) is 2. The molecule has 1 saturated heterocycles. The third-order valence-electron chi connectivity index (χ3n) is 3.93. The van der Waals surface area contributed by atoms with Crippen LogP contribution in [0.2, 0.25) is 0 Å². The van der Waals surface area contributed by atoms with E-state index in [0.29, 0.717) is 13.0 Å². The minimum Gasteiger partial charge on any atom is -0.370 e. The van der Waals surface area contributed by atoms with Crippen molar-refractivity contribution in [3.05, 3.63) is 0 Å². The molecule has 0 spiro atoms. The maximum atomic E-state index is 11.4. The molecule has 0 aliphatic carbocycles. The Morgan fingerprint density at radius 1 is 1.36 bits per heavy atom. The molecule has 7 nitrogen and oxygen atoms in total. The van der Waals surface area contributed by atoms with Crippen LogP contribution in [0.15, 0.2) is 4.99 Å². The highest BCUT2D eigenvalue weighted by Gasteiger charge is 2.27. The fourth-order valence-corrected chi connectivity index (χ4v) is 2.48. The minimum absolute atomic E-state index is 0.261. The standard InChI is InChI=1S/C15H29N5O2/c1-4-18-14(19-10-15(2,3)13(17)22)20-7-5-6-11(9-20)8-12(16)21/h11H,4-10H2,1-3H3,(H2,16,21)(H2,17,22)(H,18,19). The average molecular weight is 311 g/mol. The van der Waals surface area contributed by atoms with Gasteiger partial charge in [-0.1, -0.05) is 0 Å². The van der Waals surface area contributed by atoms with Crippen molar-refractivity contribution in [3.63, 3.8) is 0 Å². The second-order valence-corrected chi connectivity index (χ2v) is 6.54. The summed E-state index contributed by atoms with van der Waals surface area (Å²) in [6, 6.07) is 0. The summed E-state index contributed by atoms with van der Waals surface area (Å²) in [5.74, 6) is 0.409. The number of hydrogen-bond acceptors (Lipinski definition) is 3. The van der Waals surface area contributed by atoms with Gasteiger partial charge in [0.15, 0.2) is 5.96 Å². The predicted octanol–water partition coefficient (Wildman–Crippen LogP) is 0.0508. The van der Waals surface area contributed by atoms with Crippen LogP contribution in [0, 0.1) is 11.3 Å². The molecule has 1 aliphatic rings. The smallest absolute Gasteiger partial charge is 0.224 e. The summed E-state index contributed by atoms with van der Waals surface area (Å²) in [7, 11) is 0. The van der Waals surface area contributed by atoms with Crippen molar-refractivity contribution in [3.8, 4) is 0 Å². The molecule has 0 aromatic rings. The molecule has 1 heterocycles. The van der Waals surface area contributed by atoms with Gasteiger partial charge in [0.2, 0.25) is 11.8 Å². The Kier molecular flexibility index (Phi) is 6.64. The molecule has 22 heavy (non-hydrogen) atoms. The summed E-state index contributed by atoms with van der Waals surface area (Å²) in [5.41, 5.74) is 10.0. The lowest BCUT2D eigenvalue weighted by atomic mass is 9.93. The van der Waals surface area contributed by atoms with Crippen molar-refractivity contribution in [1.82, 2.24) is 10.2 Å². The van der Waals surface area contributed by atoms with Crippen LogP contribution in [0.5, 0.6) is 0 Å². The van der Waals surface area contributed by atoms with Gasteiger partial charge in [0.25, 0.3) is 0 Å². The first-order valence-electron chi connectivity index (χ1n) is 7.87. The molecule has 5 N–H and O–H groups in total. The van der Waals surface area contributed by atoms with Crippen LogP contribution in [0.3, 0.4) is 0 Å². The number of piperidine rings is 1. The van der Waals surface area contributed by atoms with Gasteiger partial charge in [0, 0.05) is 26.1 Å². The lowest BCUT2D eigenvalue weighted by Crippen LogP contribution is -2.48. The topological polar surface area (TPSA) is 114 Å². The number of carbonyl (C=O) groups excluding carboxylic acids is 2. The van der Waals surface area contributed by atoms with E-state index in [-0.39, 0.29) is 17.7 Å². The van der Waals surface area contributed by atoms with E-state index >= 15 is 0 Å². The van der Waals surface area contributed by atoms with Crippen LogP contribution < -0.4 is 16.8 Å². The van der Waals surface area contributed by atoms with Crippen LogP contribution >= 0.6 is 0 Å². The van der Waals surface area contributed by atoms with Crippen LogP contribution in [0.1, 0.15) is 40.0 Å². The van der Waals surface area contributed by atoms with E-state index in [0.717, 1.165) is 38.4 Å². The zero-order valence-corrected chi connectivity index (χ0v) is 13.9. The van der Waals surface area contributed by atoms with Crippen molar-refractivity contribution in [2.45, 2.75) is 40.0 Å². The van der Waals surface area contributed by atoms with Crippen molar-refractivity contribution >= 4 is 17.8 Å². The molecule has 1 fully saturated rings. The van der Waals surface area contributed by atoms with Gasteiger partial charge in [-0.25, -0.2) is 0 Å². The zero-order chi connectivity index (χ0) is 16.8. The van der Waals surface area contributed by atoms with Gasteiger partial charge in [-0.3, -0.25) is 14.6 Å². The largest absolute Gasteiger partial charge is 0.370 e. The van der Waals surface area contributed by atoms with Crippen molar-refractivity contribution in [2.75, 3.05) is 26.2 Å². The molecule has 7 heteroatoms. The summed E-state index contributed by atoms with van der Waals surface area (Å²) < 4.78 is 0. The van der Waals surface area contributed by atoms with Gasteiger partial charge in [0.1, 0.15) is 0 Å². The minimum atomic E-state index is -0.677. The molecule has 126 valence electrons. The van der Waals surface area contributed by atoms with E-state index in [1.54, 1.807) is 13.8 Å². The van der Waals surface area contributed by atoms with Crippen molar-refractivity contribution in [2.24, 2.45) is 27.8 Å². The third kappa shape index (κ3) is 5.54. The predicted molar refractivity (Wildman–Crippen MR) is 87.1 cm³/mol. The Morgan fingerprint density at radius 3 is 2.59 bits per heavy atom. The Hall–Kier alpha value is -1.79. The molecule has 1 rings (SSSR count). The Morgan fingerprint density at radius 2 is 2.05 bits per heavy atom. The Labute approximate surface area is 132 Å². The summed E-state index contributed by atoms with van der Waals surface area (Å²) in [6.07, 6.45) is 2.41. The number of aliphatic imine (C=N–C) groups is 1. The highest BCUT2D eigenvalue weighted by atomic mass is 16.1. The molecule has 0 bridgehead atoms. The summed E-state index contributed by atoms with van der Waals surface area (Å²) in [5, 5.41) is 3.25. The number of hydrogen-bond donors (Lipinski definition) is 3. The molecule has 1 atom stereocenters. The van der Waals surface area contributed by atoms with Gasteiger partial charge < -0.3 is 21.7 Å². The normalized spacial score (nSPS) is 19.9. The number of primary amides is 2. The second kappa shape index (κ2) is 8.00. The van der Waals surface area contributed by atoms with Gasteiger partial charge in [-0.05, 0) is 39.5 Å². The maximum absolute atomic E-state index is 11.4. The molecule has 2 amide bonds. The highest BCUT2D eigenvalue weighted by Crippen LogP contribution is 2.20. The Balaban J connectivity index is 2.76. The molecule has 1 unspecified atom stereocenters. The van der Waals surface area contributed by atoms with Crippen LogP contribution in [0.4, 0.5) is 0 Å². The number of likely N-dealkylation sites (tertiary alicyclic amines) is 1. The molecule has 0 saturated carbocycles. The molecule has 0 aromatic heterocycles. The summed E-state index contributed by atoms with van der Waals surface area (Å²) in [4.78, 5) is 29.2. The van der Waals surface area contributed by atoms with Gasteiger partial charge >= 0.3 is 0 Å². The van der Waals surface area contributed by atoms with Crippen molar-refractivity contribution < 1.29 is 9.59 Å². The SMILES string of the molecule is CCNC(=NCC(C)(C)C(N)=O)N1CCCC(CC(N)=O)C1. The van der Waals surface area contributed by atoms with E-state index in [9.17, 15) is 9.59 Å². The molecular formula is C15H29N5O2. The summed E-state index contributed by atoms with van der Waals surface area (Å²) >= 11 is 0. The fourth-order valence-electron chi connectivity index (χ4n) is 2.48. The van der Waals surface area contributed by atoms with Crippen LogP contribution in [-0.4, -0.2) is 48.9 Å². The molecular weight excluding hydrogens is 282 g/mol. The van der Waals surface area contributed by atoms with E-state index in [2.05, 4.69) is 15.2 Å². The molecule has 0 radical (unpaired) electrons. The molecule has 1 aliphatic heterocycles. The number of guanidine groups is 1. The van der Waals surface area contributed by atoms with Crippen LogP contribution in [-0.2, 0) is 9.59 Å². The first-order valence-corrected chi connectivity index (χ1v) is 7.87. The quantitative estimate of drug-likeness (QED) is 0.475. The number of nitrogens with zero attached hydrogens (tertiary/aromatic N) is 2. The van der Waals surface area contributed by atoms with Gasteiger partial charge in [-0.15, -0.1) is 0 Å². The number of nitrogens with one attached hydrogen (secondary N) is 1. The lowest BCUT2D eigenvalue weighted by Gasteiger charge is -2.35. The second-order valence-electron chi connectivity index (χ2n) is 6.54. The number of rotatable bonds is 6. The lowest BCUT2D eigenvalue weighted by molar-refractivity contribution is -0.125. The van der Waals surface area contributed by atoms with E-state index in [4.69, 9.17) is 11.5 Å². The summed E-state index contributed by atoms with van der Waals surface area (Å²) in [6.45, 7) is 8.29. The number of carbonyl (C=O) groups is 2. The third-order valence-corrected chi connectivity index (χ3v) is 3.93. The maximum Gasteiger partial charge on any atom is 0.224 e. The van der Waals surface area contributed by atoms with E-state index in [1.165, 1.54) is 0 Å². The van der Waals surface area contributed by atoms with Gasteiger partial charge in [-0.2, -0.15) is 0 Å². The zero-order valence-electron chi connectivity index (χ0n) is 13.9. The Bertz CT molecular complexity index is 434. The fraction of sp³-hybridized carbons (Fsp3) is 0.800. The number of amides is 2. The van der Waals surface area contributed by atoms with E-state index in [1.807, 2.05) is 6.92 Å². The van der Waals surface area contributed by atoms with Crippen LogP contribution in [0.25, 0.3) is 0 Å². The molecule has 0 aromatic carbocycles.